The molecule has 70 valence electrons. The summed E-state index contributed by atoms with van der Waals surface area (Å²) in [5.74, 6) is 0.770. The summed E-state index contributed by atoms with van der Waals surface area (Å²) in [7, 11) is 0. The molecule has 0 unspecified atom stereocenters. The van der Waals surface area contributed by atoms with Crippen LogP contribution in [0, 0.1) is 0 Å². The molecule has 0 heterocycles. The van der Waals surface area contributed by atoms with Gasteiger partial charge in [0.05, 0.1) is 6.61 Å². The lowest BCUT2D eigenvalue weighted by atomic mass is 10.2. The number of carbonyl (C=O) groups is 1. The molecule has 1 aromatic rings. The molecular formula is C10H12O3. The van der Waals surface area contributed by atoms with Crippen LogP contribution in [0.2, 0.25) is 0 Å². The van der Waals surface area contributed by atoms with Gasteiger partial charge >= 0.3 is 0 Å². The second-order valence-corrected chi connectivity index (χ2v) is 2.45. The zero-order valence-corrected chi connectivity index (χ0v) is 7.53. The first-order valence-electron chi connectivity index (χ1n) is 4.14. The van der Waals surface area contributed by atoms with Gasteiger partial charge in [0, 0.05) is 5.56 Å². The van der Waals surface area contributed by atoms with Crippen molar-refractivity contribution in [3.05, 3.63) is 29.8 Å². The number of para-hydroxylation sites is 1. The minimum absolute atomic E-state index is 0.264. The number of carbonyl (C=O) groups excluding carboxylic acids is 1. The van der Waals surface area contributed by atoms with Gasteiger partial charge in [-0.2, -0.15) is 0 Å². The van der Waals surface area contributed by atoms with Crippen molar-refractivity contribution >= 4 is 6.47 Å². The average Bonchev–Trinajstić information content (AvgIpc) is 2.17. The highest BCUT2D eigenvalue weighted by Gasteiger charge is 2.01. The maximum absolute atomic E-state index is 9.98. The molecule has 0 aliphatic carbocycles. The fourth-order valence-electron chi connectivity index (χ4n) is 1.04. The molecule has 1 aromatic carbocycles. The molecule has 0 saturated carbocycles. The molecule has 0 atom stereocenters. The molecule has 0 radical (unpaired) electrons. The second-order valence-electron chi connectivity index (χ2n) is 2.45. The van der Waals surface area contributed by atoms with Crippen LogP contribution in [0.1, 0.15) is 12.5 Å². The number of ether oxygens (including phenoxy) is 2. The SMILES string of the molecule is CCOc1ccccc1COC=O. The van der Waals surface area contributed by atoms with E-state index in [-0.39, 0.29) is 6.61 Å². The standard InChI is InChI=1S/C10H12O3/c1-2-13-10-6-4-3-5-9(10)7-12-8-11/h3-6,8H,2,7H2,1H3. The van der Waals surface area contributed by atoms with Crippen LogP contribution < -0.4 is 4.74 Å². The molecule has 0 bridgehead atoms. The lowest BCUT2D eigenvalue weighted by Crippen LogP contribution is -1.98. The first-order chi connectivity index (χ1) is 6.38. The van der Waals surface area contributed by atoms with Gasteiger partial charge in [0.25, 0.3) is 6.47 Å². The van der Waals surface area contributed by atoms with E-state index in [0.29, 0.717) is 13.1 Å². The van der Waals surface area contributed by atoms with Gasteiger partial charge in [0.1, 0.15) is 12.4 Å². The van der Waals surface area contributed by atoms with Gasteiger partial charge < -0.3 is 9.47 Å². The van der Waals surface area contributed by atoms with Crippen molar-refractivity contribution in [3.8, 4) is 5.75 Å². The summed E-state index contributed by atoms with van der Waals surface area (Å²) >= 11 is 0. The van der Waals surface area contributed by atoms with Crippen molar-refractivity contribution in [2.24, 2.45) is 0 Å². The predicted molar refractivity (Wildman–Crippen MR) is 48.5 cm³/mol. The zero-order valence-electron chi connectivity index (χ0n) is 7.53. The van der Waals surface area contributed by atoms with Crippen molar-refractivity contribution < 1.29 is 14.3 Å². The van der Waals surface area contributed by atoms with E-state index in [9.17, 15) is 4.79 Å². The molecule has 0 N–H and O–H groups in total. The van der Waals surface area contributed by atoms with Crippen LogP contribution >= 0.6 is 0 Å². The number of hydrogen-bond donors (Lipinski definition) is 0. The van der Waals surface area contributed by atoms with Crippen molar-refractivity contribution in [2.75, 3.05) is 6.61 Å². The number of hydrogen-bond acceptors (Lipinski definition) is 3. The molecule has 0 saturated heterocycles. The third-order valence-corrected chi connectivity index (χ3v) is 1.58. The summed E-state index contributed by atoms with van der Waals surface area (Å²) in [5.41, 5.74) is 0.886. The van der Waals surface area contributed by atoms with Gasteiger partial charge in [-0.15, -0.1) is 0 Å². The normalized spacial score (nSPS) is 9.31. The monoisotopic (exact) mass is 180 g/mol. The van der Waals surface area contributed by atoms with Crippen molar-refractivity contribution in [1.29, 1.82) is 0 Å². The van der Waals surface area contributed by atoms with E-state index in [1.54, 1.807) is 0 Å². The Morgan fingerprint density at radius 3 is 2.85 bits per heavy atom. The van der Waals surface area contributed by atoms with E-state index >= 15 is 0 Å². The highest BCUT2D eigenvalue weighted by molar-refractivity contribution is 5.39. The van der Waals surface area contributed by atoms with Crippen LogP contribution in [-0.4, -0.2) is 13.1 Å². The highest BCUT2D eigenvalue weighted by atomic mass is 16.5. The van der Waals surface area contributed by atoms with E-state index in [4.69, 9.17) is 4.74 Å². The van der Waals surface area contributed by atoms with E-state index < -0.39 is 0 Å². The minimum Gasteiger partial charge on any atom is -0.493 e. The fourth-order valence-corrected chi connectivity index (χ4v) is 1.04. The Kier molecular flexibility index (Phi) is 3.82. The van der Waals surface area contributed by atoms with Gasteiger partial charge in [0.2, 0.25) is 0 Å². The Morgan fingerprint density at radius 1 is 1.38 bits per heavy atom. The van der Waals surface area contributed by atoms with E-state index in [0.717, 1.165) is 11.3 Å². The van der Waals surface area contributed by atoms with Gasteiger partial charge in [-0.3, -0.25) is 4.79 Å². The van der Waals surface area contributed by atoms with Crippen molar-refractivity contribution in [2.45, 2.75) is 13.5 Å². The van der Waals surface area contributed by atoms with Gasteiger partial charge in [-0.25, -0.2) is 0 Å². The van der Waals surface area contributed by atoms with Crippen LogP contribution in [0.3, 0.4) is 0 Å². The lowest BCUT2D eigenvalue weighted by Gasteiger charge is -2.08. The Bertz CT molecular complexity index is 271. The Hall–Kier alpha value is -1.51. The van der Waals surface area contributed by atoms with E-state index in [1.165, 1.54) is 0 Å². The summed E-state index contributed by atoms with van der Waals surface area (Å²) in [4.78, 5) is 9.98. The molecular weight excluding hydrogens is 168 g/mol. The quantitative estimate of drug-likeness (QED) is 0.648. The molecule has 1 rings (SSSR count). The number of rotatable bonds is 5. The summed E-state index contributed by atoms with van der Waals surface area (Å²) in [5, 5.41) is 0. The molecule has 13 heavy (non-hydrogen) atoms. The first kappa shape index (κ1) is 9.58. The summed E-state index contributed by atoms with van der Waals surface area (Å²) in [6.07, 6.45) is 0. The third-order valence-electron chi connectivity index (χ3n) is 1.58. The van der Waals surface area contributed by atoms with Crippen LogP contribution in [0.5, 0.6) is 5.75 Å². The summed E-state index contributed by atoms with van der Waals surface area (Å²) in [6.45, 7) is 3.22. The maximum Gasteiger partial charge on any atom is 0.293 e. The molecule has 3 nitrogen and oxygen atoms in total. The Labute approximate surface area is 77.3 Å². The largest absolute Gasteiger partial charge is 0.493 e. The van der Waals surface area contributed by atoms with E-state index in [1.807, 2.05) is 31.2 Å². The first-order valence-corrected chi connectivity index (χ1v) is 4.14. The van der Waals surface area contributed by atoms with Gasteiger partial charge in [0.15, 0.2) is 0 Å². The summed E-state index contributed by atoms with van der Waals surface area (Å²) < 4.78 is 9.98. The van der Waals surface area contributed by atoms with Crippen molar-refractivity contribution in [3.63, 3.8) is 0 Å². The molecule has 0 aliphatic heterocycles. The average molecular weight is 180 g/mol. The van der Waals surface area contributed by atoms with Crippen LogP contribution in [0.4, 0.5) is 0 Å². The summed E-state index contributed by atoms with van der Waals surface area (Å²) in [6, 6.07) is 7.49. The van der Waals surface area contributed by atoms with Crippen LogP contribution in [0.15, 0.2) is 24.3 Å². The highest BCUT2D eigenvalue weighted by Crippen LogP contribution is 2.18. The molecule has 0 amide bonds. The molecule has 0 spiro atoms. The topological polar surface area (TPSA) is 35.5 Å². The van der Waals surface area contributed by atoms with Gasteiger partial charge in [-0.05, 0) is 13.0 Å². The van der Waals surface area contributed by atoms with Crippen LogP contribution in [-0.2, 0) is 16.1 Å². The van der Waals surface area contributed by atoms with E-state index in [2.05, 4.69) is 4.74 Å². The predicted octanol–water partition coefficient (Wildman–Crippen LogP) is 1.76. The Balaban J connectivity index is 2.71. The fraction of sp³-hybridized carbons (Fsp3) is 0.300. The van der Waals surface area contributed by atoms with Gasteiger partial charge in [-0.1, -0.05) is 18.2 Å². The van der Waals surface area contributed by atoms with Crippen LogP contribution in [0.25, 0.3) is 0 Å². The lowest BCUT2D eigenvalue weighted by molar-refractivity contribution is -0.129. The molecule has 0 fully saturated rings. The van der Waals surface area contributed by atoms with Crippen molar-refractivity contribution in [1.82, 2.24) is 0 Å². The minimum atomic E-state index is 0.264. The zero-order chi connectivity index (χ0) is 9.52. The molecule has 0 aliphatic rings. The Morgan fingerprint density at radius 2 is 2.15 bits per heavy atom. The smallest absolute Gasteiger partial charge is 0.293 e. The second kappa shape index (κ2) is 5.19. The number of benzene rings is 1. The molecule has 0 aromatic heterocycles. The third kappa shape index (κ3) is 2.78. The maximum atomic E-state index is 9.98. The molecule has 3 heteroatoms.